The van der Waals surface area contributed by atoms with Crippen LogP contribution >= 0.6 is 11.6 Å². The van der Waals surface area contributed by atoms with E-state index in [0.717, 1.165) is 25.7 Å². The molecule has 1 saturated carbocycles. The van der Waals surface area contributed by atoms with E-state index in [1.807, 2.05) is 0 Å². The number of halogens is 2. The van der Waals surface area contributed by atoms with Crippen molar-refractivity contribution in [1.82, 2.24) is 10.6 Å². The molecule has 6 nitrogen and oxygen atoms in total. The molecule has 0 bridgehead atoms. The van der Waals surface area contributed by atoms with Gasteiger partial charge < -0.3 is 25.6 Å². The second-order valence-corrected chi connectivity index (χ2v) is 6.76. The van der Waals surface area contributed by atoms with E-state index in [4.69, 9.17) is 21.4 Å². The lowest BCUT2D eigenvalue weighted by molar-refractivity contribution is 0.100. The Kier molecular flexibility index (Phi) is 7.74. The topological polar surface area (TPSA) is 90.8 Å². The highest BCUT2D eigenvalue weighted by atomic mass is 35.5. The van der Waals surface area contributed by atoms with Gasteiger partial charge in [0.1, 0.15) is 24.3 Å². The molecule has 8 heteroatoms. The molecule has 140 valence electrons. The zero-order chi connectivity index (χ0) is 18.2. The molecule has 1 aliphatic carbocycles. The molecule has 1 aromatic carbocycles. The number of benzene rings is 1. The Labute approximate surface area is 151 Å². The highest BCUT2D eigenvalue weighted by molar-refractivity contribution is 6.30. The van der Waals surface area contributed by atoms with Gasteiger partial charge in [0, 0.05) is 25.2 Å². The van der Waals surface area contributed by atoms with E-state index in [-0.39, 0.29) is 11.6 Å². The third kappa shape index (κ3) is 7.05. The maximum atomic E-state index is 13.3. The highest BCUT2D eigenvalue weighted by Gasteiger charge is 2.21. The smallest absolute Gasteiger partial charge is 0.404 e. The molecule has 0 radical (unpaired) electrons. The van der Waals surface area contributed by atoms with Gasteiger partial charge in [-0.2, -0.15) is 0 Å². The fraction of sp³-hybridized carbons (Fsp3) is 0.588. The van der Waals surface area contributed by atoms with Gasteiger partial charge >= 0.3 is 6.09 Å². The lowest BCUT2D eigenvalue weighted by Crippen LogP contribution is -2.41. The Bertz CT molecular complexity index is 568. The zero-order valence-electron chi connectivity index (χ0n) is 13.9. The van der Waals surface area contributed by atoms with Crippen molar-refractivity contribution in [3.8, 4) is 5.75 Å². The van der Waals surface area contributed by atoms with Gasteiger partial charge in [0.25, 0.3) is 0 Å². The first-order valence-corrected chi connectivity index (χ1v) is 8.78. The van der Waals surface area contributed by atoms with Crippen LogP contribution in [0.2, 0.25) is 5.02 Å². The predicted molar refractivity (Wildman–Crippen MR) is 92.7 cm³/mol. The van der Waals surface area contributed by atoms with Crippen LogP contribution in [0.15, 0.2) is 18.2 Å². The SMILES string of the molecule is O=C(O)NCC1CCC(NCC(O)COc2ccc(Cl)c(F)c2)CC1. The standard InChI is InChI=1S/C17H24ClFN2O4/c18-15-6-5-14(7-16(15)19)25-10-13(22)9-20-12-3-1-11(2-4-12)8-21-17(23)24/h5-7,11-13,20-22H,1-4,8-10H2,(H,23,24). The fourth-order valence-corrected chi connectivity index (χ4v) is 3.04. The first-order valence-electron chi connectivity index (χ1n) is 8.40. The molecule has 1 atom stereocenters. The number of amides is 1. The zero-order valence-corrected chi connectivity index (χ0v) is 14.6. The van der Waals surface area contributed by atoms with Gasteiger partial charge in [-0.1, -0.05) is 11.6 Å². The molecule has 4 N–H and O–H groups in total. The molecule has 1 fully saturated rings. The van der Waals surface area contributed by atoms with Gasteiger partial charge in [-0.15, -0.1) is 0 Å². The number of aliphatic hydroxyl groups is 1. The summed E-state index contributed by atoms with van der Waals surface area (Å²) in [5, 5.41) is 24.3. The Morgan fingerprint density at radius 2 is 2.08 bits per heavy atom. The van der Waals surface area contributed by atoms with Crippen LogP contribution in [-0.2, 0) is 0 Å². The molecule has 0 aromatic heterocycles. The van der Waals surface area contributed by atoms with Crippen molar-refractivity contribution in [1.29, 1.82) is 0 Å². The molecular formula is C17H24ClFN2O4. The predicted octanol–water partition coefficient (Wildman–Crippen LogP) is 2.63. The van der Waals surface area contributed by atoms with Crippen LogP contribution in [0.1, 0.15) is 25.7 Å². The van der Waals surface area contributed by atoms with Crippen LogP contribution in [0, 0.1) is 11.7 Å². The van der Waals surface area contributed by atoms with Crippen LogP contribution in [0.5, 0.6) is 5.75 Å². The molecule has 1 aromatic rings. The lowest BCUT2D eigenvalue weighted by Gasteiger charge is -2.29. The molecule has 0 heterocycles. The Hall–Kier alpha value is -1.57. The molecular weight excluding hydrogens is 351 g/mol. The molecule has 1 amide bonds. The number of rotatable bonds is 8. The number of nitrogens with one attached hydrogen (secondary N) is 2. The van der Waals surface area contributed by atoms with Crippen molar-refractivity contribution < 1.29 is 24.1 Å². The monoisotopic (exact) mass is 374 g/mol. The normalized spacial score (nSPS) is 21.6. The summed E-state index contributed by atoms with van der Waals surface area (Å²) in [4.78, 5) is 10.5. The third-order valence-corrected chi connectivity index (χ3v) is 4.67. The van der Waals surface area contributed by atoms with Crippen LogP contribution in [-0.4, -0.2) is 48.1 Å². The summed E-state index contributed by atoms with van der Waals surface area (Å²) in [7, 11) is 0. The van der Waals surface area contributed by atoms with E-state index in [9.17, 15) is 14.3 Å². The maximum absolute atomic E-state index is 13.3. The van der Waals surface area contributed by atoms with Gasteiger partial charge in [-0.3, -0.25) is 0 Å². The van der Waals surface area contributed by atoms with E-state index >= 15 is 0 Å². The number of carboxylic acid groups (broad SMARTS) is 1. The number of aliphatic hydroxyl groups excluding tert-OH is 1. The minimum absolute atomic E-state index is 0.0312. The fourth-order valence-electron chi connectivity index (χ4n) is 2.92. The van der Waals surface area contributed by atoms with E-state index in [0.29, 0.717) is 30.8 Å². The summed E-state index contributed by atoms with van der Waals surface area (Å²) in [6, 6.07) is 4.46. The minimum Gasteiger partial charge on any atom is -0.491 e. The van der Waals surface area contributed by atoms with Gasteiger partial charge in [-0.05, 0) is 43.7 Å². The van der Waals surface area contributed by atoms with Gasteiger partial charge in [0.2, 0.25) is 0 Å². The molecule has 1 aliphatic rings. The average Bonchev–Trinajstić information content (AvgIpc) is 2.60. The largest absolute Gasteiger partial charge is 0.491 e. The molecule has 0 aliphatic heterocycles. The Balaban J connectivity index is 1.61. The molecule has 0 spiro atoms. The van der Waals surface area contributed by atoms with E-state index in [2.05, 4.69) is 10.6 Å². The first kappa shape index (κ1) is 19.8. The van der Waals surface area contributed by atoms with Crippen LogP contribution in [0.4, 0.5) is 9.18 Å². The van der Waals surface area contributed by atoms with Crippen molar-refractivity contribution in [3.63, 3.8) is 0 Å². The minimum atomic E-state index is -0.982. The van der Waals surface area contributed by atoms with Gasteiger partial charge in [-0.25, -0.2) is 9.18 Å². The van der Waals surface area contributed by atoms with Crippen LogP contribution in [0.3, 0.4) is 0 Å². The molecule has 2 rings (SSSR count). The van der Waals surface area contributed by atoms with Crippen LogP contribution < -0.4 is 15.4 Å². The second-order valence-electron chi connectivity index (χ2n) is 6.35. The summed E-state index contributed by atoms with van der Waals surface area (Å²) in [5.74, 6) is 0.149. The number of carbonyl (C=O) groups is 1. The van der Waals surface area contributed by atoms with Crippen molar-refractivity contribution in [2.24, 2.45) is 5.92 Å². The van der Waals surface area contributed by atoms with Crippen molar-refractivity contribution in [3.05, 3.63) is 29.0 Å². The summed E-state index contributed by atoms with van der Waals surface area (Å²) in [6.07, 6.45) is 2.11. The molecule has 0 saturated heterocycles. The summed E-state index contributed by atoms with van der Waals surface area (Å²) >= 11 is 5.60. The van der Waals surface area contributed by atoms with Gasteiger partial charge in [0.15, 0.2) is 0 Å². The summed E-state index contributed by atoms with van der Waals surface area (Å²) in [5.41, 5.74) is 0. The van der Waals surface area contributed by atoms with E-state index < -0.39 is 18.0 Å². The highest BCUT2D eigenvalue weighted by Crippen LogP contribution is 2.24. The number of hydrogen-bond acceptors (Lipinski definition) is 4. The van der Waals surface area contributed by atoms with Crippen molar-refractivity contribution in [2.75, 3.05) is 19.7 Å². The molecule has 25 heavy (non-hydrogen) atoms. The van der Waals surface area contributed by atoms with E-state index in [1.54, 1.807) is 6.07 Å². The molecule has 1 unspecified atom stereocenters. The van der Waals surface area contributed by atoms with Crippen molar-refractivity contribution in [2.45, 2.75) is 37.8 Å². The quantitative estimate of drug-likeness (QED) is 0.561. The Morgan fingerprint density at radius 3 is 2.72 bits per heavy atom. The third-order valence-electron chi connectivity index (χ3n) is 4.36. The van der Waals surface area contributed by atoms with E-state index in [1.165, 1.54) is 12.1 Å². The lowest BCUT2D eigenvalue weighted by atomic mass is 9.86. The second kappa shape index (κ2) is 9.79. The van der Waals surface area contributed by atoms with Crippen LogP contribution in [0.25, 0.3) is 0 Å². The van der Waals surface area contributed by atoms with Crippen molar-refractivity contribution >= 4 is 17.7 Å². The summed E-state index contributed by atoms with van der Waals surface area (Å²) < 4.78 is 18.7. The average molecular weight is 375 g/mol. The van der Waals surface area contributed by atoms with Gasteiger partial charge in [0.05, 0.1) is 5.02 Å². The number of ether oxygens (including phenoxy) is 1. The maximum Gasteiger partial charge on any atom is 0.404 e. The number of hydrogen-bond donors (Lipinski definition) is 4. The Morgan fingerprint density at radius 1 is 1.36 bits per heavy atom. The summed E-state index contributed by atoms with van der Waals surface area (Å²) in [6.45, 7) is 0.945. The first-order chi connectivity index (χ1) is 11.9.